The molecule has 0 saturated heterocycles. The number of nitrogens with one attached hydrogen (secondary N) is 1. The van der Waals surface area contributed by atoms with Gasteiger partial charge in [0.25, 0.3) is 0 Å². The fourth-order valence-electron chi connectivity index (χ4n) is 2.29. The molecule has 1 aliphatic heterocycles. The van der Waals surface area contributed by atoms with Crippen molar-refractivity contribution in [2.45, 2.75) is 23.5 Å². The number of rotatable bonds is 3. The van der Waals surface area contributed by atoms with Crippen LogP contribution in [-0.4, -0.2) is 22.2 Å². The molecule has 4 nitrogen and oxygen atoms in total. The van der Waals surface area contributed by atoms with Crippen LogP contribution in [-0.2, 0) is 11.2 Å². The SMILES string of the molecule is Cc1cc(NC(=O)C2Cc3ccccc3S2)sc1C(=O)O. The van der Waals surface area contributed by atoms with Crippen LogP contribution in [0.2, 0.25) is 0 Å². The van der Waals surface area contributed by atoms with E-state index in [0.29, 0.717) is 17.0 Å². The Morgan fingerprint density at radius 2 is 2.10 bits per heavy atom. The molecule has 2 aromatic rings. The number of thiophene rings is 1. The predicted molar refractivity (Wildman–Crippen MR) is 84.4 cm³/mol. The highest BCUT2D eigenvalue weighted by Crippen LogP contribution is 2.37. The van der Waals surface area contributed by atoms with E-state index in [-0.39, 0.29) is 16.0 Å². The van der Waals surface area contributed by atoms with Crippen molar-refractivity contribution in [2.75, 3.05) is 5.32 Å². The van der Waals surface area contributed by atoms with Gasteiger partial charge in [-0.25, -0.2) is 4.79 Å². The number of thioether (sulfide) groups is 1. The van der Waals surface area contributed by atoms with Gasteiger partial charge in [-0.3, -0.25) is 4.79 Å². The molecule has 3 rings (SSSR count). The Bertz CT molecular complexity index is 698. The summed E-state index contributed by atoms with van der Waals surface area (Å²) < 4.78 is 0. The second-order valence-electron chi connectivity index (χ2n) is 4.84. The van der Waals surface area contributed by atoms with Gasteiger partial charge >= 0.3 is 5.97 Å². The van der Waals surface area contributed by atoms with Crippen molar-refractivity contribution in [1.29, 1.82) is 0 Å². The van der Waals surface area contributed by atoms with Gasteiger partial charge in [0.1, 0.15) is 4.88 Å². The molecular formula is C15H13NO3S2. The van der Waals surface area contributed by atoms with Crippen LogP contribution in [0.3, 0.4) is 0 Å². The van der Waals surface area contributed by atoms with Crippen molar-refractivity contribution in [3.63, 3.8) is 0 Å². The summed E-state index contributed by atoms with van der Waals surface area (Å²) in [4.78, 5) is 24.7. The summed E-state index contributed by atoms with van der Waals surface area (Å²) in [6, 6.07) is 9.70. The van der Waals surface area contributed by atoms with E-state index in [2.05, 4.69) is 5.32 Å². The van der Waals surface area contributed by atoms with Crippen LogP contribution < -0.4 is 5.32 Å². The van der Waals surface area contributed by atoms with Crippen molar-refractivity contribution >= 4 is 40.0 Å². The third kappa shape index (κ3) is 2.82. The third-order valence-corrected chi connectivity index (χ3v) is 5.76. The van der Waals surface area contributed by atoms with Gasteiger partial charge in [0.2, 0.25) is 5.91 Å². The van der Waals surface area contributed by atoms with E-state index in [1.165, 1.54) is 5.56 Å². The molecule has 0 bridgehead atoms. The number of carboxylic acid groups (broad SMARTS) is 1. The molecule has 0 spiro atoms. The Balaban J connectivity index is 1.71. The molecule has 0 saturated carbocycles. The highest BCUT2D eigenvalue weighted by Gasteiger charge is 2.28. The maximum absolute atomic E-state index is 12.3. The number of carbonyl (C=O) groups is 2. The van der Waals surface area contributed by atoms with E-state index in [1.54, 1.807) is 24.8 Å². The summed E-state index contributed by atoms with van der Waals surface area (Å²) in [6.07, 6.45) is 0.711. The van der Waals surface area contributed by atoms with Crippen LogP contribution >= 0.6 is 23.1 Å². The minimum absolute atomic E-state index is 0.0746. The van der Waals surface area contributed by atoms with Crippen molar-refractivity contribution in [2.24, 2.45) is 0 Å². The average Bonchev–Trinajstić information content (AvgIpc) is 3.02. The smallest absolute Gasteiger partial charge is 0.346 e. The number of aromatic carboxylic acids is 1. The maximum Gasteiger partial charge on any atom is 0.346 e. The number of anilines is 1. The maximum atomic E-state index is 12.3. The van der Waals surface area contributed by atoms with Gasteiger partial charge in [0.05, 0.1) is 10.3 Å². The molecule has 1 atom stereocenters. The molecule has 1 aliphatic rings. The summed E-state index contributed by atoms with van der Waals surface area (Å²) in [6.45, 7) is 1.73. The number of carbonyl (C=O) groups excluding carboxylic acids is 1. The zero-order chi connectivity index (χ0) is 15.0. The minimum atomic E-state index is -0.958. The Kier molecular flexibility index (Phi) is 3.73. The summed E-state index contributed by atoms with van der Waals surface area (Å²) >= 11 is 2.65. The highest BCUT2D eigenvalue weighted by molar-refractivity contribution is 8.01. The normalized spacial score (nSPS) is 16.5. The van der Waals surface area contributed by atoms with Gasteiger partial charge in [-0.15, -0.1) is 23.1 Å². The van der Waals surface area contributed by atoms with E-state index < -0.39 is 5.97 Å². The second kappa shape index (κ2) is 5.54. The largest absolute Gasteiger partial charge is 0.477 e. The first-order valence-corrected chi connectivity index (χ1v) is 8.13. The lowest BCUT2D eigenvalue weighted by Crippen LogP contribution is -2.24. The van der Waals surface area contributed by atoms with E-state index in [9.17, 15) is 9.59 Å². The topological polar surface area (TPSA) is 66.4 Å². The number of hydrogen-bond acceptors (Lipinski definition) is 4. The van der Waals surface area contributed by atoms with Gasteiger partial charge in [0.15, 0.2) is 0 Å². The molecule has 108 valence electrons. The van der Waals surface area contributed by atoms with E-state index in [0.717, 1.165) is 16.2 Å². The summed E-state index contributed by atoms with van der Waals surface area (Å²) in [5, 5.41) is 12.3. The average molecular weight is 319 g/mol. The zero-order valence-corrected chi connectivity index (χ0v) is 12.9. The first-order chi connectivity index (χ1) is 10.0. The first-order valence-electron chi connectivity index (χ1n) is 6.44. The first kappa shape index (κ1) is 14.2. The molecular weight excluding hydrogens is 306 g/mol. The van der Waals surface area contributed by atoms with Gasteiger partial charge in [-0.1, -0.05) is 18.2 Å². The molecule has 2 N–H and O–H groups in total. The Hall–Kier alpha value is -1.79. The fraction of sp³-hybridized carbons (Fsp3) is 0.200. The summed E-state index contributed by atoms with van der Waals surface area (Å²) in [5.41, 5.74) is 1.86. The van der Waals surface area contributed by atoms with Crippen LogP contribution in [0.15, 0.2) is 35.2 Å². The van der Waals surface area contributed by atoms with Gasteiger partial charge in [-0.2, -0.15) is 0 Å². The monoisotopic (exact) mass is 319 g/mol. The van der Waals surface area contributed by atoms with Gasteiger partial charge < -0.3 is 10.4 Å². The Morgan fingerprint density at radius 1 is 1.33 bits per heavy atom. The quantitative estimate of drug-likeness (QED) is 0.910. The van der Waals surface area contributed by atoms with Crippen LogP contribution in [0.25, 0.3) is 0 Å². The van der Waals surface area contributed by atoms with Crippen LogP contribution in [0.5, 0.6) is 0 Å². The Labute approximate surface area is 130 Å². The molecule has 1 aromatic carbocycles. The van der Waals surface area contributed by atoms with Crippen LogP contribution in [0.1, 0.15) is 20.8 Å². The molecule has 6 heteroatoms. The van der Waals surface area contributed by atoms with E-state index in [4.69, 9.17) is 5.11 Å². The zero-order valence-electron chi connectivity index (χ0n) is 11.3. The lowest BCUT2D eigenvalue weighted by atomic mass is 10.1. The fourth-order valence-corrected chi connectivity index (χ4v) is 4.40. The number of amides is 1. The number of fused-ring (bicyclic) bond motifs is 1. The molecule has 1 unspecified atom stereocenters. The molecule has 1 amide bonds. The predicted octanol–water partition coefficient (Wildman–Crippen LogP) is 3.41. The minimum Gasteiger partial charge on any atom is -0.477 e. The van der Waals surface area contributed by atoms with Crippen molar-refractivity contribution in [1.82, 2.24) is 0 Å². The molecule has 0 fully saturated rings. The molecule has 2 heterocycles. The van der Waals surface area contributed by atoms with Crippen molar-refractivity contribution < 1.29 is 14.7 Å². The molecule has 0 aliphatic carbocycles. The molecule has 0 radical (unpaired) electrons. The van der Waals surface area contributed by atoms with Gasteiger partial charge in [-0.05, 0) is 36.6 Å². The summed E-state index contributed by atoms with van der Waals surface area (Å²) in [5.74, 6) is -1.03. The lowest BCUT2D eigenvalue weighted by molar-refractivity contribution is -0.115. The number of benzene rings is 1. The summed E-state index contributed by atoms with van der Waals surface area (Å²) in [7, 11) is 0. The molecule has 1 aromatic heterocycles. The standard InChI is InChI=1S/C15H13NO3S2/c1-8-6-12(21-13(8)15(18)19)16-14(17)11-7-9-4-2-3-5-10(9)20-11/h2-6,11H,7H2,1H3,(H,16,17)(H,18,19). The number of hydrogen-bond donors (Lipinski definition) is 2. The van der Waals surface area contributed by atoms with E-state index >= 15 is 0 Å². The van der Waals surface area contributed by atoms with Gasteiger partial charge in [0, 0.05) is 4.90 Å². The highest BCUT2D eigenvalue weighted by atomic mass is 32.2. The van der Waals surface area contributed by atoms with Crippen LogP contribution in [0, 0.1) is 6.92 Å². The third-order valence-electron chi connectivity index (χ3n) is 3.30. The number of aryl methyl sites for hydroxylation is 1. The van der Waals surface area contributed by atoms with Crippen LogP contribution in [0.4, 0.5) is 5.00 Å². The Morgan fingerprint density at radius 3 is 2.76 bits per heavy atom. The number of carboxylic acids is 1. The second-order valence-corrected chi connectivity index (χ2v) is 7.13. The van der Waals surface area contributed by atoms with E-state index in [1.807, 2.05) is 24.3 Å². The lowest BCUT2D eigenvalue weighted by Gasteiger charge is -2.07. The van der Waals surface area contributed by atoms with Crippen molar-refractivity contribution in [3.05, 3.63) is 46.3 Å². The van der Waals surface area contributed by atoms with Crippen molar-refractivity contribution in [3.8, 4) is 0 Å². The molecule has 21 heavy (non-hydrogen) atoms.